The first-order valence-electron chi connectivity index (χ1n) is 10.5. The molecule has 33 heavy (non-hydrogen) atoms. The van der Waals surface area contributed by atoms with Gasteiger partial charge in [-0.25, -0.2) is 4.79 Å². The molecule has 2 aromatic carbocycles. The number of anilines is 1. The quantitative estimate of drug-likeness (QED) is 0.481. The van der Waals surface area contributed by atoms with E-state index >= 15 is 0 Å². The summed E-state index contributed by atoms with van der Waals surface area (Å²) in [5, 5.41) is 3.34. The molecule has 7 nitrogen and oxygen atoms in total. The molecule has 0 saturated heterocycles. The Labute approximate surface area is 196 Å². The average molecular weight is 468 g/mol. The monoisotopic (exact) mass is 467 g/mol. The van der Waals surface area contributed by atoms with Crippen LogP contribution in [0.1, 0.15) is 50.6 Å². The topological polar surface area (TPSA) is 83.1 Å². The van der Waals surface area contributed by atoms with E-state index in [4.69, 9.17) is 18.9 Å². The molecule has 3 aromatic rings. The van der Waals surface area contributed by atoms with E-state index < -0.39 is 5.97 Å². The Morgan fingerprint density at radius 1 is 1.09 bits per heavy atom. The second kappa shape index (κ2) is 9.54. The van der Waals surface area contributed by atoms with Crippen LogP contribution in [0.5, 0.6) is 17.2 Å². The zero-order valence-electron chi connectivity index (χ0n) is 18.9. The number of ether oxygens (including phenoxy) is 4. The molecule has 0 spiro atoms. The van der Waals surface area contributed by atoms with Gasteiger partial charge in [0.15, 0.2) is 11.5 Å². The lowest BCUT2D eigenvalue weighted by atomic mass is 10.1. The number of carbonyl (C=O) groups is 2. The van der Waals surface area contributed by atoms with Gasteiger partial charge in [-0.05, 0) is 68.3 Å². The molecule has 0 atom stereocenters. The molecule has 0 fully saturated rings. The fraction of sp³-hybridized carbons (Fsp3) is 0.280. The summed E-state index contributed by atoms with van der Waals surface area (Å²) in [5.74, 6) is 1.31. The predicted octanol–water partition coefficient (Wildman–Crippen LogP) is 5.20. The summed E-state index contributed by atoms with van der Waals surface area (Å²) in [6.45, 7) is 5.95. The molecule has 1 aromatic heterocycles. The molecular weight excluding hydrogens is 442 g/mol. The Balaban J connectivity index is 1.58. The third-order valence-corrected chi connectivity index (χ3v) is 6.36. The van der Waals surface area contributed by atoms with Gasteiger partial charge in [0.2, 0.25) is 6.79 Å². The highest BCUT2D eigenvalue weighted by atomic mass is 32.1. The number of benzene rings is 2. The molecule has 0 bridgehead atoms. The van der Waals surface area contributed by atoms with E-state index in [-0.39, 0.29) is 18.8 Å². The van der Waals surface area contributed by atoms with E-state index in [0.29, 0.717) is 34.0 Å². The second-order valence-electron chi connectivity index (χ2n) is 7.86. The number of carbonyl (C=O) groups excluding carboxylic acids is 2. The van der Waals surface area contributed by atoms with Gasteiger partial charge in [0, 0.05) is 16.9 Å². The number of thiophene rings is 1. The maximum Gasteiger partial charge on any atom is 0.341 e. The molecule has 8 heteroatoms. The van der Waals surface area contributed by atoms with Crippen LogP contribution in [0.2, 0.25) is 0 Å². The van der Waals surface area contributed by atoms with E-state index in [9.17, 15) is 9.59 Å². The lowest BCUT2D eigenvalue weighted by Crippen LogP contribution is -2.14. The van der Waals surface area contributed by atoms with E-state index in [1.165, 1.54) is 18.4 Å². The van der Waals surface area contributed by atoms with Crippen molar-refractivity contribution in [2.75, 3.05) is 19.2 Å². The first kappa shape index (κ1) is 22.7. The number of hydrogen-bond acceptors (Lipinski definition) is 7. The van der Waals surface area contributed by atoms with Crippen LogP contribution in [-0.2, 0) is 11.2 Å². The SMILES string of the molecule is COC(=O)c1c(NC(=O)c2ccc(OC(C)C)cc2)sc(Cc2ccc3c(c2)OCO3)c1C. The van der Waals surface area contributed by atoms with Gasteiger partial charge in [0.05, 0.1) is 18.8 Å². The van der Waals surface area contributed by atoms with Crippen molar-refractivity contribution in [3.63, 3.8) is 0 Å². The lowest BCUT2D eigenvalue weighted by molar-refractivity contribution is 0.0601. The summed E-state index contributed by atoms with van der Waals surface area (Å²) >= 11 is 1.36. The van der Waals surface area contributed by atoms with E-state index in [1.807, 2.05) is 39.0 Å². The molecule has 1 amide bonds. The lowest BCUT2D eigenvalue weighted by Gasteiger charge is -2.10. The van der Waals surface area contributed by atoms with Crippen molar-refractivity contribution in [2.45, 2.75) is 33.3 Å². The maximum absolute atomic E-state index is 12.9. The van der Waals surface area contributed by atoms with Gasteiger partial charge in [-0.3, -0.25) is 4.79 Å². The van der Waals surface area contributed by atoms with Gasteiger partial charge < -0.3 is 24.3 Å². The molecular formula is C25H25NO6S. The molecule has 0 radical (unpaired) electrons. The molecule has 1 aliphatic heterocycles. The maximum atomic E-state index is 12.9. The zero-order chi connectivity index (χ0) is 23.5. The third-order valence-electron chi connectivity index (χ3n) is 5.15. The number of esters is 1. The van der Waals surface area contributed by atoms with Crippen LogP contribution >= 0.6 is 11.3 Å². The van der Waals surface area contributed by atoms with Gasteiger partial charge in [-0.2, -0.15) is 0 Å². The summed E-state index contributed by atoms with van der Waals surface area (Å²) in [6.07, 6.45) is 0.624. The van der Waals surface area contributed by atoms with Gasteiger partial charge in [0.25, 0.3) is 5.91 Å². The second-order valence-corrected chi connectivity index (χ2v) is 8.96. The molecule has 0 unspecified atom stereocenters. The molecule has 172 valence electrons. The van der Waals surface area contributed by atoms with Crippen molar-refractivity contribution in [2.24, 2.45) is 0 Å². The minimum Gasteiger partial charge on any atom is -0.491 e. The first-order chi connectivity index (χ1) is 15.9. The smallest absolute Gasteiger partial charge is 0.341 e. The van der Waals surface area contributed by atoms with E-state index in [0.717, 1.165) is 21.8 Å². The fourth-order valence-electron chi connectivity index (χ4n) is 3.53. The van der Waals surface area contributed by atoms with Gasteiger partial charge in [0.1, 0.15) is 10.8 Å². The molecule has 2 heterocycles. The number of rotatable bonds is 7. The molecule has 1 aliphatic rings. The van der Waals surface area contributed by atoms with Gasteiger partial charge in [-0.15, -0.1) is 11.3 Å². The van der Waals surface area contributed by atoms with Crippen LogP contribution in [0.15, 0.2) is 42.5 Å². The van der Waals surface area contributed by atoms with Gasteiger partial charge in [-0.1, -0.05) is 6.07 Å². The normalized spacial score (nSPS) is 12.0. The standard InChI is InChI=1S/C25H25NO6S/c1-14(2)32-18-8-6-17(7-9-18)23(27)26-24-22(25(28)29-4)15(3)21(33-24)12-16-5-10-19-20(11-16)31-13-30-19/h5-11,14H,12-13H2,1-4H3,(H,26,27). The summed E-state index contributed by atoms with van der Waals surface area (Å²) in [5.41, 5.74) is 2.62. The van der Waals surface area contributed by atoms with Crippen molar-refractivity contribution in [3.8, 4) is 17.2 Å². The predicted molar refractivity (Wildman–Crippen MR) is 126 cm³/mol. The molecule has 0 aliphatic carbocycles. The fourth-order valence-corrected chi connectivity index (χ4v) is 4.76. The zero-order valence-corrected chi connectivity index (χ0v) is 19.7. The third kappa shape index (κ3) is 4.96. The minimum atomic E-state index is -0.489. The van der Waals surface area contributed by atoms with Crippen molar-refractivity contribution in [3.05, 3.63) is 69.6 Å². The molecule has 4 rings (SSSR count). The van der Waals surface area contributed by atoms with Crippen molar-refractivity contribution in [1.82, 2.24) is 0 Å². The van der Waals surface area contributed by atoms with Crippen LogP contribution in [-0.4, -0.2) is 31.9 Å². The Bertz CT molecular complexity index is 1180. The number of fused-ring (bicyclic) bond motifs is 1. The van der Waals surface area contributed by atoms with Crippen molar-refractivity contribution < 1.29 is 28.5 Å². The molecule has 0 saturated carbocycles. The van der Waals surface area contributed by atoms with E-state index in [2.05, 4.69) is 5.32 Å². The Morgan fingerprint density at radius 2 is 1.82 bits per heavy atom. The van der Waals surface area contributed by atoms with Crippen LogP contribution in [0.4, 0.5) is 5.00 Å². The summed E-state index contributed by atoms with van der Waals surface area (Å²) in [4.78, 5) is 26.4. The van der Waals surface area contributed by atoms with E-state index in [1.54, 1.807) is 24.3 Å². The summed E-state index contributed by atoms with van der Waals surface area (Å²) < 4.78 is 21.4. The van der Waals surface area contributed by atoms with Crippen LogP contribution in [0.3, 0.4) is 0 Å². The van der Waals surface area contributed by atoms with Crippen molar-refractivity contribution in [1.29, 1.82) is 0 Å². The Kier molecular flexibility index (Phi) is 6.55. The van der Waals surface area contributed by atoms with Crippen LogP contribution in [0, 0.1) is 6.92 Å². The highest BCUT2D eigenvalue weighted by Crippen LogP contribution is 2.38. The first-order valence-corrected chi connectivity index (χ1v) is 11.3. The molecule has 1 N–H and O–H groups in total. The largest absolute Gasteiger partial charge is 0.491 e. The van der Waals surface area contributed by atoms with Gasteiger partial charge >= 0.3 is 5.97 Å². The number of methoxy groups -OCH3 is 1. The number of nitrogens with one attached hydrogen (secondary N) is 1. The Hall–Kier alpha value is -3.52. The summed E-state index contributed by atoms with van der Waals surface area (Å²) in [6, 6.07) is 12.7. The highest BCUT2D eigenvalue weighted by molar-refractivity contribution is 7.17. The highest BCUT2D eigenvalue weighted by Gasteiger charge is 2.24. The minimum absolute atomic E-state index is 0.0459. The van der Waals surface area contributed by atoms with Crippen LogP contribution < -0.4 is 19.5 Å². The average Bonchev–Trinajstić information content (AvgIpc) is 3.37. The Morgan fingerprint density at radius 3 is 2.52 bits per heavy atom. The number of amides is 1. The summed E-state index contributed by atoms with van der Waals surface area (Å²) in [7, 11) is 1.33. The number of hydrogen-bond donors (Lipinski definition) is 1. The van der Waals surface area contributed by atoms with Crippen LogP contribution in [0.25, 0.3) is 0 Å². The van der Waals surface area contributed by atoms with Crippen molar-refractivity contribution >= 4 is 28.2 Å².